The van der Waals surface area contributed by atoms with Crippen molar-refractivity contribution in [3.63, 3.8) is 0 Å². The second-order valence-electron chi connectivity index (χ2n) is 4.27. The van der Waals surface area contributed by atoms with Crippen LogP contribution in [0.3, 0.4) is 0 Å². The molecule has 0 aliphatic carbocycles. The Bertz CT molecular complexity index is 605. The van der Waals surface area contributed by atoms with E-state index in [-0.39, 0.29) is 33.5 Å². The third kappa shape index (κ3) is 5.18. The van der Waals surface area contributed by atoms with E-state index in [4.69, 9.17) is 17.3 Å². The maximum atomic E-state index is 12.1. The SMILES string of the molecule is CC(=O)c1ccc(Cl)nc1/C(C=NCC(F)(F)F)=C(\C)N. The van der Waals surface area contributed by atoms with Crippen LogP contribution in [0.2, 0.25) is 5.15 Å². The molecule has 1 aromatic rings. The fraction of sp³-hybridized carbons (Fsp3) is 0.308. The molecule has 4 nitrogen and oxygen atoms in total. The van der Waals surface area contributed by atoms with Crippen LogP contribution in [-0.4, -0.2) is 29.7 Å². The Morgan fingerprint density at radius 2 is 2.05 bits per heavy atom. The summed E-state index contributed by atoms with van der Waals surface area (Å²) in [6.45, 7) is 1.44. The van der Waals surface area contributed by atoms with Gasteiger partial charge in [0.15, 0.2) is 5.78 Å². The van der Waals surface area contributed by atoms with Crippen molar-refractivity contribution in [1.29, 1.82) is 0 Å². The fourth-order valence-electron chi connectivity index (χ4n) is 1.51. The zero-order chi connectivity index (χ0) is 16.2. The van der Waals surface area contributed by atoms with E-state index in [1.807, 2.05) is 0 Å². The third-order valence-corrected chi connectivity index (χ3v) is 2.62. The summed E-state index contributed by atoms with van der Waals surface area (Å²) in [6, 6.07) is 2.85. The molecule has 0 radical (unpaired) electrons. The Kier molecular flexibility index (Phi) is 5.48. The molecule has 0 fully saturated rings. The molecular formula is C13H13ClF3N3O. The van der Waals surface area contributed by atoms with Crippen LogP contribution in [0.25, 0.3) is 5.57 Å². The van der Waals surface area contributed by atoms with Gasteiger partial charge >= 0.3 is 6.18 Å². The Hall–Kier alpha value is -1.89. The Labute approximate surface area is 124 Å². The van der Waals surface area contributed by atoms with E-state index in [0.717, 1.165) is 6.21 Å². The second kappa shape index (κ2) is 6.71. The quantitative estimate of drug-likeness (QED) is 0.526. The van der Waals surface area contributed by atoms with E-state index >= 15 is 0 Å². The summed E-state index contributed by atoms with van der Waals surface area (Å²) in [5.41, 5.74) is 6.28. The first-order valence-corrected chi connectivity index (χ1v) is 6.20. The lowest BCUT2D eigenvalue weighted by Crippen LogP contribution is -2.13. The van der Waals surface area contributed by atoms with Crippen molar-refractivity contribution in [3.05, 3.63) is 34.2 Å². The van der Waals surface area contributed by atoms with Gasteiger partial charge in [-0.3, -0.25) is 9.79 Å². The monoisotopic (exact) mass is 319 g/mol. The lowest BCUT2D eigenvalue weighted by atomic mass is 10.0. The number of halogens is 4. The molecule has 8 heteroatoms. The van der Waals surface area contributed by atoms with Crippen molar-refractivity contribution >= 4 is 29.2 Å². The van der Waals surface area contributed by atoms with Gasteiger partial charge in [0.2, 0.25) is 0 Å². The van der Waals surface area contributed by atoms with Gasteiger partial charge in [-0.15, -0.1) is 0 Å². The molecule has 0 aliphatic heterocycles. The number of carbonyl (C=O) groups excluding carboxylic acids is 1. The molecule has 2 N–H and O–H groups in total. The van der Waals surface area contributed by atoms with E-state index in [9.17, 15) is 18.0 Å². The molecule has 0 aromatic carbocycles. The fourth-order valence-corrected chi connectivity index (χ4v) is 1.66. The minimum absolute atomic E-state index is 0.0953. The molecule has 1 rings (SSSR count). The van der Waals surface area contributed by atoms with Crippen molar-refractivity contribution < 1.29 is 18.0 Å². The minimum Gasteiger partial charge on any atom is -0.402 e. The summed E-state index contributed by atoms with van der Waals surface area (Å²) in [5.74, 6) is -0.308. The number of nitrogens with zero attached hydrogens (tertiary/aromatic N) is 2. The van der Waals surface area contributed by atoms with Gasteiger partial charge in [0.25, 0.3) is 0 Å². The van der Waals surface area contributed by atoms with Gasteiger partial charge in [-0.25, -0.2) is 4.98 Å². The molecule has 1 heterocycles. The predicted molar refractivity (Wildman–Crippen MR) is 75.4 cm³/mol. The zero-order valence-corrected chi connectivity index (χ0v) is 12.1. The standard InChI is InChI=1S/C13H13ClF3N3O/c1-7(18)10(5-19-6-13(15,16)17)12-9(8(2)21)3-4-11(14)20-12/h3-5H,6,18H2,1-2H3/b10-7+,19-5?. The van der Waals surface area contributed by atoms with Crippen LogP contribution in [0, 0.1) is 0 Å². The molecule has 1 aromatic heterocycles. The molecule has 0 bridgehead atoms. The highest BCUT2D eigenvalue weighted by molar-refractivity contribution is 6.29. The topological polar surface area (TPSA) is 68.3 Å². The van der Waals surface area contributed by atoms with Crippen molar-refractivity contribution in [2.24, 2.45) is 10.7 Å². The number of nitrogens with two attached hydrogens (primary N) is 1. The minimum atomic E-state index is -4.42. The van der Waals surface area contributed by atoms with Gasteiger partial charge in [-0.1, -0.05) is 11.6 Å². The van der Waals surface area contributed by atoms with E-state index in [2.05, 4.69) is 9.98 Å². The maximum Gasteiger partial charge on any atom is 0.407 e. The van der Waals surface area contributed by atoms with Crippen LogP contribution < -0.4 is 5.73 Å². The van der Waals surface area contributed by atoms with E-state index in [0.29, 0.717) is 0 Å². The largest absolute Gasteiger partial charge is 0.407 e. The zero-order valence-electron chi connectivity index (χ0n) is 11.3. The lowest BCUT2D eigenvalue weighted by Gasteiger charge is -2.09. The predicted octanol–water partition coefficient (Wildman–Crippen LogP) is 3.26. The van der Waals surface area contributed by atoms with Crippen LogP contribution in [-0.2, 0) is 0 Å². The number of Topliss-reactive ketones (excluding diaryl/α,β-unsaturated/α-hetero) is 1. The van der Waals surface area contributed by atoms with Crippen LogP contribution in [0.4, 0.5) is 13.2 Å². The van der Waals surface area contributed by atoms with Gasteiger partial charge in [0.1, 0.15) is 11.7 Å². The first kappa shape index (κ1) is 17.2. The number of aliphatic imine (C=N–C) groups is 1. The second-order valence-corrected chi connectivity index (χ2v) is 4.66. The molecule has 0 saturated carbocycles. The third-order valence-electron chi connectivity index (χ3n) is 2.41. The summed E-state index contributed by atoms with van der Waals surface area (Å²) in [7, 11) is 0. The van der Waals surface area contributed by atoms with Gasteiger partial charge < -0.3 is 5.73 Å². The maximum absolute atomic E-state index is 12.1. The highest BCUT2D eigenvalue weighted by Gasteiger charge is 2.26. The first-order valence-electron chi connectivity index (χ1n) is 5.82. The molecule has 114 valence electrons. The molecule has 0 saturated heterocycles. The van der Waals surface area contributed by atoms with Gasteiger partial charge in [0.05, 0.1) is 5.69 Å². The summed E-state index contributed by atoms with van der Waals surface area (Å²) >= 11 is 5.77. The Morgan fingerprint density at radius 3 is 2.52 bits per heavy atom. The van der Waals surface area contributed by atoms with Crippen molar-refractivity contribution in [2.75, 3.05) is 6.54 Å². The van der Waals surface area contributed by atoms with E-state index in [1.165, 1.54) is 26.0 Å². The van der Waals surface area contributed by atoms with Crippen LogP contribution in [0.5, 0.6) is 0 Å². The molecule has 0 spiro atoms. The normalized spacial score (nSPS) is 13.4. The number of rotatable bonds is 4. The number of hydrogen-bond donors (Lipinski definition) is 1. The summed E-state index contributed by atoms with van der Waals surface area (Å²) in [6.07, 6.45) is -3.47. The molecule has 0 aliphatic rings. The molecule has 0 atom stereocenters. The molecule has 21 heavy (non-hydrogen) atoms. The number of pyridine rings is 1. The first-order chi connectivity index (χ1) is 9.61. The van der Waals surface area contributed by atoms with E-state index in [1.54, 1.807) is 0 Å². The highest BCUT2D eigenvalue weighted by Crippen LogP contribution is 2.21. The average Bonchev–Trinajstić information content (AvgIpc) is 2.32. The van der Waals surface area contributed by atoms with E-state index < -0.39 is 12.7 Å². The van der Waals surface area contributed by atoms with Gasteiger partial charge in [-0.05, 0) is 26.0 Å². The highest BCUT2D eigenvalue weighted by atomic mass is 35.5. The van der Waals surface area contributed by atoms with Crippen LogP contribution >= 0.6 is 11.6 Å². The summed E-state index contributed by atoms with van der Waals surface area (Å²) < 4.78 is 36.4. The number of alkyl halides is 3. The number of carbonyl (C=O) groups is 1. The van der Waals surface area contributed by atoms with Gasteiger partial charge in [-0.2, -0.15) is 13.2 Å². The summed E-state index contributed by atoms with van der Waals surface area (Å²) in [4.78, 5) is 18.8. The number of aromatic nitrogens is 1. The number of ketones is 1. The van der Waals surface area contributed by atoms with Crippen LogP contribution in [0.15, 0.2) is 22.8 Å². The Morgan fingerprint density at radius 1 is 1.43 bits per heavy atom. The van der Waals surface area contributed by atoms with Crippen LogP contribution in [0.1, 0.15) is 29.9 Å². The molecular weight excluding hydrogens is 307 g/mol. The van der Waals surface area contributed by atoms with Crippen molar-refractivity contribution in [2.45, 2.75) is 20.0 Å². The number of allylic oxidation sites excluding steroid dienone is 2. The van der Waals surface area contributed by atoms with Gasteiger partial charge in [0, 0.05) is 23.0 Å². The molecule has 0 unspecified atom stereocenters. The lowest BCUT2D eigenvalue weighted by molar-refractivity contribution is -0.118. The number of hydrogen-bond acceptors (Lipinski definition) is 4. The Balaban J connectivity index is 3.29. The average molecular weight is 320 g/mol. The smallest absolute Gasteiger partial charge is 0.402 e. The summed E-state index contributed by atoms with van der Waals surface area (Å²) in [5, 5.41) is 0.0953. The van der Waals surface area contributed by atoms with Crippen molar-refractivity contribution in [1.82, 2.24) is 4.98 Å². The van der Waals surface area contributed by atoms with Crippen molar-refractivity contribution in [3.8, 4) is 0 Å². The molecule has 0 amide bonds.